The van der Waals surface area contributed by atoms with Crippen LogP contribution in [0.25, 0.3) is 5.69 Å². The molecule has 60 valence electrons. The number of nitrogens with zero attached hydrogens (tertiary/aromatic N) is 3. The summed E-state index contributed by atoms with van der Waals surface area (Å²) in [4.78, 5) is 0. The van der Waals surface area contributed by atoms with Gasteiger partial charge in [-0.05, 0) is 18.2 Å². The summed E-state index contributed by atoms with van der Waals surface area (Å²) in [6.07, 6.45) is 3.34. The van der Waals surface area contributed by atoms with Crippen LogP contribution in [0.3, 0.4) is 0 Å². The van der Waals surface area contributed by atoms with Gasteiger partial charge in [-0.25, -0.2) is 0 Å². The first-order valence-electron chi connectivity index (χ1n) is 3.47. The van der Waals surface area contributed by atoms with E-state index in [4.69, 9.17) is 0 Å². The van der Waals surface area contributed by atoms with Crippen LogP contribution in [0.1, 0.15) is 0 Å². The van der Waals surface area contributed by atoms with Gasteiger partial charge >= 0.3 is 0 Å². The van der Waals surface area contributed by atoms with E-state index in [0.717, 1.165) is 10.2 Å². The molecule has 0 fully saturated rings. The van der Waals surface area contributed by atoms with E-state index in [1.807, 2.05) is 28.8 Å². The smallest absolute Gasteiger partial charge is 0.123 e. The second-order valence-corrected chi connectivity index (χ2v) is 3.26. The molecule has 0 N–H and O–H groups in total. The molecule has 1 heterocycles. The Morgan fingerprint density at radius 2 is 1.92 bits per heavy atom. The fourth-order valence-electron chi connectivity index (χ4n) is 0.971. The minimum absolute atomic E-state index is 1.05. The Hall–Kier alpha value is -1.16. The summed E-state index contributed by atoms with van der Waals surface area (Å²) in [5.74, 6) is 0. The number of aromatic nitrogens is 3. The van der Waals surface area contributed by atoms with Crippen molar-refractivity contribution < 1.29 is 0 Å². The summed E-state index contributed by atoms with van der Waals surface area (Å²) in [5, 5.41) is 7.45. The van der Waals surface area contributed by atoms with E-state index in [1.165, 1.54) is 0 Å². The standard InChI is InChI=1S/C8H6BrN3/c9-7-2-1-3-8(4-7)12-5-10-11-6-12/h1-6H. The van der Waals surface area contributed by atoms with Gasteiger partial charge in [-0.3, -0.25) is 4.57 Å². The van der Waals surface area contributed by atoms with E-state index in [9.17, 15) is 0 Å². The second-order valence-electron chi connectivity index (χ2n) is 2.35. The van der Waals surface area contributed by atoms with Crippen LogP contribution in [0.2, 0.25) is 0 Å². The van der Waals surface area contributed by atoms with Crippen LogP contribution in [-0.4, -0.2) is 14.8 Å². The molecule has 0 bridgehead atoms. The maximum absolute atomic E-state index is 3.73. The molecule has 1 aromatic heterocycles. The average molecular weight is 224 g/mol. The van der Waals surface area contributed by atoms with Crippen molar-refractivity contribution in [1.82, 2.24) is 14.8 Å². The molecular weight excluding hydrogens is 218 g/mol. The van der Waals surface area contributed by atoms with Crippen LogP contribution < -0.4 is 0 Å². The Labute approximate surface area is 78.2 Å². The third-order valence-electron chi connectivity index (χ3n) is 1.53. The Bertz CT molecular complexity index is 370. The molecular formula is C8H6BrN3. The fraction of sp³-hybridized carbons (Fsp3) is 0. The fourth-order valence-corrected chi connectivity index (χ4v) is 1.36. The first kappa shape index (κ1) is 7.49. The molecule has 1 aromatic carbocycles. The minimum atomic E-state index is 1.05. The summed E-state index contributed by atoms with van der Waals surface area (Å²) >= 11 is 3.39. The molecule has 12 heavy (non-hydrogen) atoms. The largest absolute Gasteiger partial charge is 0.288 e. The van der Waals surface area contributed by atoms with Crippen molar-refractivity contribution in [2.45, 2.75) is 0 Å². The Kier molecular flexibility index (Phi) is 1.91. The van der Waals surface area contributed by atoms with Gasteiger partial charge in [-0.15, -0.1) is 10.2 Å². The van der Waals surface area contributed by atoms with Crippen LogP contribution in [0.5, 0.6) is 0 Å². The number of benzene rings is 1. The zero-order valence-corrected chi connectivity index (χ0v) is 7.77. The van der Waals surface area contributed by atoms with Crippen molar-refractivity contribution in [3.8, 4) is 5.69 Å². The molecule has 0 atom stereocenters. The van der Waals surface area contributed by atoms with Gasteiger partial charge < -0.3 is 0 Å². The van der Waals surface area contributed by atoms with Crippen molar-refractivity contribution >= 4 is 15.9 Å². The van der Waals surface area contributed by atoms with Gasteiger partial charge in [0.1, 0.15) is 12.7 Å². The SMILES string of the molecule is Brc1cccc(-n2cnnc2)c1. The predicted molar refractivity (Wildman–Crippen MR) is 49.1 cm³/mol. The lowest BCUT2D eigenvalue weighted by Crippen LogP contribution is -1.88. The number of hydrogen-bond acceptors (Lipinski definition) is 2. The third-order valence-corrected chi connectivity index (χ3v) is 2.02. The first-order chi connectivity index (χ1) is 5.86. The highest BCUT2D eigenvalue weighted by atomic mass is 79.9. The minimum Gasteiger partial charge on any atom is -0.288 e. The number of rotatable bonds is 1. The zero-order valence-electron chi connectivity index (χ0n) is 6.18. The lowest BCUT2D eigenvalue weighted by atomic mass is 10.3. The topological polar surface area (TPSA) is 30.7 Å². The molecule has 0 saturated carbocycles. The maximum Gasteiger partial charge on any atom is 0.123 e. The van der Waals surface area contributed by atoms with E-state index < -0.39 is 0 Å². The summed E-state index contributed by atoms with van der Waals surface area (Å²) in [5.41, 5.74) is 1.05. The van der Waals surface area contributed by atoms with Crippen LogP contribution in [0, 0.1) is 0 Å². The van der Waals surface area contributed by atoms with Gasteiger partial charge in [-0.2, -0.15) is 0 Å². The highest BCUT2D eigenvalue weighted by Crippen LogP contribution is 2.14. The lowest BCUT2D eigenvalue weighted by Gasteiger charge is -1.99. The van der Waals surface area contributed by atoms with Gasteiger partial charge in [-0.1, -0.05) is 22.0 Å². The van der Waals surface area contributed by atoms with E-state index in [0.29, 0.717) is 0 Å². The monoisotopic (exact) mass is 223 g/mol. The van der Waals surface area contributed by atoms with E-state index >= 15 is 0 Å². The quantitative estimate of drug-likeness (QED) is 0.741. The molecule has 0 aliphatic carbocycles. The first-order valence-corrected chi connectivity index (χ1v) is 4.26. The average Bonchev–Trinajstić information content (AvgIpc) is 2.56. The summed E-state index contributed by atoms with van der Waals surface area (Å²) in [7, 11) is 0. The number of halogens is 1. The van der Waals surface area contributed by atoms with Crippen LogP contribution >= 0.6 is 15.9 Å². The Balaban J connectivity index is 2.48. The molecule has 0 saturated heterocycles. The van der Waals surface area contributed by atoms with Crippen LogP contribution in [0.4, 0.5) is 0 Å². The molecule has 0 aliphatic heterocycles. The van der Waals surface area contributed by atoms with Crippen molar-refractivity contribution in [2.24, 2.45) is 0 Å². The van der Waals surface area contributed by atoms with Crippen molar-refractivity contribution in [3.63, 3.8) is 0 Å². The van der Waals surface area contributed by atoms with Crippen LogP contribution in [-0.2, 0) is 0 Å². The number of hydrogen-bond donors (Lipinski definition) is 0. The van der Waals surface area contributed by atoms with Crippen molar-refractivity contribution in [2.75, 3.05) is 0 Å². The predicted octanol–water partition coefficient (Wildman–Crippen LogP) is 2.03. The molecule has 0 spiro atoms. The maximum atomic E-state index is 3.73. The van der Waals surface area contributed by atoms with E-state index in [-0.39, 0.29) is 0 Å². The molecule has 0 amide bonds. The molecule has 0 unspecified atom stereocenters. The van der Waals surface area contributed by atoms with Gasteiger partial charge in [0.05, 0.1) is 0 Å². The van der Waals surface area contributed by atoms with Crippen LogP contribution in [0.15, 0.2) is 41.4 Å². The molecule has 3 nitrogen and oxygen atoms in total. The molecule has 2 rings (SSSR count). The zero-order chi connectivity index (χ0) is 8.39. The Morgan fingerprint density at radius 1 is 1.17 bits per heavy atom. The normalized spacial score (nSPS) is 10.1. The van der Waals surface area contributed by atoms with Gasteiger partial charge in [0.15, 0.2) is 0 Å². The molecule has 2 aromatic rings. The summed E-state index contributed by atoms with van der Waals surface area (Å²) in [6.45, 7) is 0. The van der Waals surface area contributed by atoms with Crippen molar-refractivity contribution in [3.05, 3.63) is 41.4 Å². The lowest BCUT2D eigenvalue weighted by molar-refractivity contribution is 1.05. The Morgan fingerprint density at radius 3 is 2.58 bits per heavy atom. The van der Waals surface area contributed by atoms with E-state index in [2.05, 4.69) is 26.1 Å². The molecule has 4 heteroatoms. The summed E-state index contributed by atoms with van der Waals surface area (Å²) in [6, 6.07) is 7.95. The van der Waals surface area contributed by atoms with Crippen molar-refractivity contribution in [1.29, 1.82) is 0 Å². The highest BCUT2D eigenvalue weighted by Gasteiger charge is 1.94. The molecule has 0 radical (unpaired) electrons. The highest BCUT2D eigenvalue weighted by molar-refractivity contribution is 9.10. The molecule has 0 aliphatic rings. The van der Waals surface area contributed by atoms with Gasteiger partial charge in [0, 0.05) is 10.2 Å². The third kappa shape index (κ3) is 1.38. The second kappa shape index (κ2) is 3.06. The van der Waals surface area contributed by atoms with Gasteiger partial charge in [0.25, 0.3) is 0 Å². The van der Waals surface area contributed by atoms with E-state index in [1.54, 1.807) is 12.7 Å². The summed E-state index contributed by atoms with van der Waals surface area (Å²) < 4.78 is 2.90. The van der Waals surface area contributed by atoms with Gasteiger partial charge in [0.2, 0.25) is 0 Å².